The lowest BCUT2D eigenvalue weighted by atomic mass is 9.99. The Bertz CT molecular complexity index is 515. The Hall–Kier alpha value is -1.34. The van der Waals surface area contributed by atoms with E-state index in [1.807, 2.05) is 38.1 Å². The van der Waals surface area contributed by atoms with Gasteiger partial charge in [-0.1, -0.05) is 41.4 Å². The van der Waals surface area contributed by atoms with E-state index in [4.69, 9.17) is 11.6 Å². The average Bonchev–Trinajstić information content (AvgIpc) is 2.27. The molecule has 0 spiro atoms. The molecule has 2 aromatic carbocycles. The lowest BCUT2D eigenvalue weighted by Crippen LogP contribution is -1.90. The summed E-state index contributed by atoms with van der Waals surface area (Å²) in [6, 6.07) is 10.8. The molecule has 2 rings (SSSR count). The van der Waals surface area contributed by atoms with Gasteiger partial charge in [0.05, 0.1) is 0 Å². The maximum absolute atomic E-state index is 13.8. The van der Waals surface area contributed by atoms with Crippen molar-refractivity contribution >= 4 is 11.6 Å². The van der Waals surface area contributed by atoms with Crippen LogP contribution in [0, 0.1) is 19.7 Å². The van der Waals surface area contributed by atoms with E-state index in [1.165, 1.54) is 6.07 Å². The third-order valence-corrected chi connectivity index (χ3v) is 3.10. The van der Waals surface area contributed by atoms with Gasteiger partial charge in [0.1, 0.15) is 5.82 Å². The van der Waals surface area contributed by atoms with Crippen molar-refractivity contribution in [2.75, 3.05) is 0 Å². The van der Waals surface area contributed by atoms with Gasteiger partial charge in [-0.25, -0.2) is 4.39 Å². The first-order chi connectivity index (χ1) is 7.59. The van der Waals surface area contributed by atoms with Gasteiger partial charge in [0.25, 0.3) is 0 Å². The SMILES string of the molecule is Cc1ccc(-c2c(F)ccc(Cl)c2C)cc1. The summed E-state index contributed by atoms with van der Waals surface area (Å²) in [5, 5.41) is 0.594. The van der Waals surface area contributed by atoms with E-state index in [2.05, 4.69) is 0 Å². The fourth-order valence-electron chi connectivity index (χ4n) is 1.73. The topological polar surface area (TPSA) is 0 Å². The minimum atomic E-state index is -0.231. The molecule has 0 aliphatic rings. The molecule has 82 valence electrons. The molecule has 0 N–H and O–H groups in total. The smallest absolute Gasteiger partial charge is 0.131 e. The highest BCUT2D eigenvalue weighted by Crippen LogP contribution is 2.31. The van der Waals surface area contributed by atoms with Gasteiger partial charge in [-0.15, -0.1) is 0 Å². The molecule has 16 heavy (non-hydrogen) atoms. The third kappa shape index (κ3) is 1.96. The summed E-state index contributed by atoms with van der Waals surface area (Å²) in [5.41, 5.74) is 3.39. The second-order valence-electron chi connectivity index (χ2n) is 3.90. The van der Waals surface area contributed by atoms with Crippen LogP contribution in [0.1, 0.15) is 11.1 Å². The molecule has 0 radical (unpaired) electrons. The third-order valence-electron chi connectivity index (χ3n) is 2.69. The Kier molecular flexibility index (Phi) is 2.97. The highest BCUT2D eigenvalue weighted by molar-refractivity contribution is 6.31. The molecule has 0 bridgehead atoms. The summed E-state index contributed by atoms with van der Waals surface area (Å²) >= 11 is 6.00. The van der Waals surface area contributed by atoms with Crippen LogP contribution in [0.3, 0.4) is 0 Å². The summed E-state index contributed by atoms with van der Waals surface area (Å²) < 4.78 is 13.8. The van der Waals surface area contributed by atoms with E-state index in [-0.39, 0.29) is 5.82 Å². The van der Waals surface area contributed by atoms with Crippen LogP contribution in [0.5, 0.6) is 0 Å². The van der Waals surface area contributed by atoms with Crippen LogP contribution in [0.25, 0.3) is 11.1 Å². The number of hydrogen-bond acceptors (Lipinski definition) is 0. The van der Waals surface area contributed by atoms with Gasteiger partial charge in [-0.2, -0.15) is 0 Å². The van der Waals surface area contributed by atoms with Crippen molar-refractivity contribution in [3.8, 4) is 11.1 Å². The van der Waals surface area contributed by atoms with Gasteiger partial charge in [0, 0.05) is 10.6 Å². The highest BCUT2D eigenvalue weighted by atomic mass is 35.5. The minimum absolute atomic E-state index is 0.231. The Morgan fingerprint density at radius 1 is 0.938 bits per heavy atom. The molecule has 0 aliphatic heterocycles. The van der Waals surface area contributed by atoms with E-state index in [0.717, 1.165) is 16.7 Å². The van der Waals surface area contributed by atoms with Crippen LogP contribution in [0.2, 0.25) is 5.02 Å². The summed E-state index contributed by atoms with van der Waals surface area (Å²) in [4.78, 5) is 0. The van der Waals surface area contributed by atoms with Crippen molar-refractivity contribution in [1.29, 1.82) is 0 Å². The van der Waals surface area contributed by atoms with Gasteiger partial charge >= 0.3 is 0 Å². The Morgan fingerprint density at radius 3 is 2.19 bits per heavy atom. The maximum Gasteiger partial charge on any atom is 0.131 e. The van der Waals surface area contributed by atoms with Crippen molar-refractivity contribution in [2.45, 2.75) is 13.8 Å². The number of benzene rings is 2. The van der Waals surface area contributed by atoms with Gasteiger partial charge in [-0.05, 0) is 37.1 Å². The molecule has 2 aromatic rings. The van der Waals surface area contributed by atoms with Crippen LogP contribution < -0.4 is 0 Å². The summed E-state index contributed by atoms with van der Waals surface area (Å²) in [6.07, 6.45) is 0. The van der Waals surface area contributed by atoms with Gasteiger partial charge in [-0.3, -0.25) is 0 Å². The van der Waals surface area contributed by atoms with E-state index >= 15 is 0 Å². The Labute approximate surface area is 99.7 Å². The molecule has 0 atom stereocenters. The zero-order valence-corrected chi connectivity index (χ0v) is 9.98. The van der Waals surface area contributed by atoms with Crippen molar-refractivity contribution < 1.29 is 4.39 Å². The first-order valence-corrected chi connectivity index (χ1v) is 5.49. The molecule has 2 heteroatoms. The number of aryl methyl sites for hydroxylation is 1. The lowest BCUT2D eigenvalue weighted by molar-refractivity contribution is 0.630. The number of rotatable bonds is 1. The second kappa shape index (κ2) is 4.26. The molecule has 0 saturated heterocycles. The molecule has 0 nitrogen and oxygen atoms in total. The minimum Gasteiger partial charge on any atom is -0.206 e. The zero-order chi connectivity index (χ0) is 11.7. The van der Waals surface area contributed by atoms with Crippen LogP contribution in [0.4, 0.5) is 4.39 Å². The molecular weight excluding hydrogens is 223 g/mol. The average molecular weight is 235 g/mol. The Morgan fingerprint density at radius 2 is 1.56 bits per heavy atom. The quantitative estimate of drug-likeness (QED) is 0.667. The fourth-order valence-corrected chi connectivity index (χ4v) is 1.89. The predicted molar refractivity (Wildman–Crippen MR) is 66.3 cm³/mol. The standard InChI is InChI=1S/C14H12ClF/c1-9-3-5-11(6-4-9)14-10(2)12(15)7-8-13(14)16/h3-8H,1-2H3. The van der Waals surface area contributed by atoms with E-state index in [0.29, 0.717) is 10.6 Å². The molecule has 0 aromatic heterocycles. The molecule has 0 amide bonds. The molecule has 0 saturated carbocycles. The van der Waals surface area contributed by atoms with Gasteiger partial charge in [0.15, 0.2) is 0 Å². The molecule has 0 aliphatic carbocycles. The van der Waals surface area contributed by atoms with Crippen molar-refractivity contribution in [3.63, 3.8) is 0 Å². The van der Waals surface area contributed by atoms with E-state index in [1.54, 1.807) is 6.07 Å². The fraction of sp³-hybridized carbons (Fsp3) is 0.143. The highest BCUT2D eigenvalue weighted by Gasteiger charge is 2.10. The van der Waals surface area contributed by atoms with Crippen molar-refractivity contribution in [3.05, 3.63) is 58.4 Å². The number of halogens is 2. The first-order valence-electron chi connectivity index (χ1n) is 5.11. The maximum atomic E-state index is 13.8. The van der Waals surface area contributed by atoms with E-state index in [9.17, 15) is 4.39 Å². The Balaban J connectivity index is 2.63. The summed E-state index contributed by atoms with van der Waals surface area (Å²) in [5.74, 6) is -0.231. The number of hydrogen-bond donors (Lipinski definition) is 0. The van der Waals surface area contributed by atoms with E-state index < -0.39 is 0 Å². The zero-order valence-electron chi connectivity index (χ0n) is 9.22. The van der Waals surface area contributed by atoms with Crippen molar-refractivity contribution in [2.24, 2.45) is 0 Å². The van der Waals surface area contributed by atoms with Gasteiger partial charge < -0.3 is 0 Å². The second-order valence-corrected chi connectivity index (χ2v) is 4.30. The monoisotopic (exact) mass is 234 g/mol. The first kappa shape index (κ1) is 11.2. The largest absolute Gasteiger partial charge is 0.206 e. The van der Waals surface area contributed by atoms with Crippen LogP contribution in [0.15, 0.2) is 36.4 Å². The molecular formula is C14H12ClF. The van der Waals surface area contributed by atoms with Crippen LogP contribution in [-0.4, -0.2) is 0 Å². The van der Waals surface area contributed by atoms with Crippen LogP contribution >= 0.6 is 11.6 Å². The van der Waals surface area contributed by atoms with Crippen LogP contribution in [-0.2, 0) is 0 Å². The lowest BCUT2D eigenvalue weighted by Gasteiger charge is -2.09. The summed E-state index contributed by atoms with van der Waals surface area (Å²) in [6.45, 7) is 3.84. The summed E-state index contributed by atoms with van der Waals surface area (Å²) in [7, 11) is 0. The normalized spacial score (nSPS) is 10.5. The predicted octanol–water partition coefficient (Wildman–Crippen LogP) is 4.76. The molecule has 0 unspecified atom stereocenters. The molecule has 0 heterocycles. The van der Waals surface area contributed by atoms with Gasteiger partial charge in [0.2, 0.25) is 0 Å². The van der Waals surface area contributed by atoms with Crippen molar-refractivity contribution in [1.82, 2.24) is 0 Å². The molecule has 0 fully saturated rings.